The molecule has 0 aliphatic carbocycles. The minimum absolute atomic E-state index is 0.350. The van der Waals surface area contributed by atoms with E-state index >= 15 is 0 Å². The monoisotopic (exact) mass is 159 g/mol. The van der Waals surface area contributed by atoms with Crippen LogP contribution in [0, 0.1) is 0 Å². The Morgan fingerprint density at radius 3 is 2.30 bits per heavy atom. The molecule has 0 bridgehead atoms. The number of rotatable bonds is 2. The van der Waals surface area contributed by atoms with Gasteiger partial charge in [-0.2, -0.15) is 0 Å². The Hall–Kier alpha value is 0.0200. The van der Waals surface area contributed by atoms with Crippen molar-refractivity contribution in [2.45, 2.75) is 31.9 Å². The first-order valence-corrected chi connectivity index (χ1v) is 5.51. The van der Waals surface area contributed by atoms with Crippen molar-refractivity contribution in [3.63, 3.8) is 0 Å². The third kappa shape index (κ3) is 1.75. The minimum Gasteiger partial charge on any atom is -0.294 e. The molecule has 1 rings (SSSR count). The third-order valence-electron chi connectivity index (χ3n) is 2.14. The SMILES string of the molecule is CC(=O)C(C)[S+]1CCCC1. The molecule has 0 aromatic rings. The summed E-state index contributed by atoms with van der Waals surface area (Å²) in [6.45, 7) is 3.80. The molecule has 1 atom stereocenters. The van der Waals surface area contributed by atoms with Crippen molar-refractivity contribution in [2.75, 3.05) is 11.5 Å². The molecule has 1 unspecified atom stereocenters. The Morgan fingerprint density at radius 1 is 1.40 bits per heavy atom. The summed E-state index contributed by atoms with van der Waals surface area (Å²) in [6, 6.07) is 0. The van der Waals surface area contributed by atoms with E-state index in [0.29, 0.717) is 21.9 Å². The first kappa shape index (κ1) is 8.12. The molecule has 10 heavy (non-hydrogen) atoms. The summed E-state index contributed by atoms with van der Waals surface area (Å²) in [4.78, 5) is 10.9. The van der Waals surface area contributed by atoms with Crippen LogP contribution in [0.4, 0.5) is 0 Å². The quantitative estimate of drug-likeness (QED) is 0.556. The lowest BCUT2D eigenvalue weighted by Gasteiger charge is -2.05. The van der Waals surface area contributed by atoms with Gasteiger partial charge in [0, 0.05) is 0 Å². The van der Waals surface area contributed by atoms with Gasteiger partial charge in [0.25, 0.3) is 0 Å². The van der Waals surface area contributed by atoms with Crippen molar-refractivity contribution >= 4 is 16.7 Å². The number of carbonyl (C=O) groups excluding carboxylic acids is 1. The summed E-state index contributed by atoms with van der Waals surface area (Å²) < 4.78 is 0. The number of hydrogen-bond acceptors (Lipinski definition) is 1. The number of Topliss-reactive ketones (excluding diaryl/α,β-unsaturated/α-hetero) is 1. The molecule has 0 spiro atoms. The highest BCUT2D eigenvalue weighted by atomic mass is 32.2. The molecule has 1 heterocycles. The average Bonchev–Trinajstić information content (AvgIpc) is 2.36. The van der Waals surface area contributed by atoms with Crippen LogP contribution in [0.2, 0.25) is 0 Å². The molecule has 0 amide bonds. The average molecular weight is 159 g/mol. The molecule has 1 nitrogen and oxygen atoms in total. The van der Waals surface area contributed by atoms with E-state index in [1.165, 1.54) is 24.3 Å². The zero-order chi connectivity index (χ0) is 7.56. The van der Waals surface area contributed by atoms with Gasteiger partial charge in [0.05, 0.1) is 0 Å². The number of hydrogen-bond donors (Lipinski definition) is 0. The molecule has 1 aliphatic rings. The zero-order valence-electron chi connectivity index (χ0n) is 6.72. The zero-order valence-corrected chi connectivity index (χ0v) is 7.54. The van der Waals surface area contributed by atoms with E-state index in [9.17, 15) is 4.79 Å². The highest BCUT2D eigenvalue weighted by Gasteiger charge is 2.32. The normalized spacial score (nSPS) is 23.0. The summed E-state index contributed by atoms with van der Waals surface area (Å²) in [5, 5.41) is 0.350. The maximum absolute atomic E-state index is 10.9. The molecular weight excluding hydrogens is 144 g/mol. The highest BCUT2D eigenvalue weighted by Crippen LogP contribution is 2.18. The van der Waals surface area contributed by atoms with Crippen molar-refractivity contribution in [2.24, 2.45) is 0 Å². The smallest absolute Gasteiger partial charge is 0.181 e. The van der Waals surface area contributed by atoms with E-state index in [1.54, 1.807) is 6.92 Å². The third-order valence-corrected chi connectivity index (χ3v) is 5.09. The Balaban J connectivity index is 2.39. The Bertz CT molecular complexity index is 127. The summed E-state index contributed by atoms with van der Waals surface area (Å²) in [5.74, 6) is 2.99. The lowest BCUT2D eigenvalue weighted by molar-refractivity contribution is -0.116. The van der Waals surface area contributed by atoms with Crippen molar-refractivity contribution in [3.05, 3.63) is 0 Å². The van der Waals surface area contributed by atoms with Gasteiger partial charge in [-0.1, -0.05) is 0 Å². The predicted octanol–water partition coefficient (Wildman–Crippen LogP) is 1.38. The molecule has 58 valence electrons. The molecule has 0 aromatic carbocycles. The minimum atomic E-state index is 0.350. The molecule has 1 fully saturated rings. The van der Waals surface area contributed by atoms with Gasteiger partial charge in [0.1, 0.15) is 11.5 Å². The maximum Gasteiger partial charge on any atom is 0.181 e. The van der Waals surface area contributed by atoms with Gasteiger partial charge in [-0.15, -0.1) is 0 Å². The fourth-order valence-corrected chi connectivity index (χ4v) is 3.80. The van der Waals surface area contributed by atoms with Crippen molar-refractivity contribution in [1.29, 1.82) is 0 Å². The van der Waals surface area contributed by atoms with Gasteiger partial charge in [-0.05, 0) is 37.6 Å². The Morgan fingerprint density at radius 2 is 1.90 bits per heavy atom. The molecule has 0 radical (unpaired) electrons. The molecule has 1 aliphatic heterocycles. The summed E-state index contributed by atoms with van der Waals surface area (Å²) in [6.07, 6.45) is 2.70. The fraction of sp³-hybridized carbons (Fsp3) is 0.875. The van der Waals surface area contributed by atoms with Crippen LogP contribution in [-0.4, -0.2) is 22.5 Å². The second-order valence-electron chi connectivity index (χ2n) is 2.91. The highest BCUT2D eigenvalue weighted by molar-refractivity contribution is 7.98. The second-order valence-corrected chi connectivity index (χ2v) is 5.50. The van der Waals surface area contributed by atoms with Gasteiger partial charge in [0.15, 0.2) is 11.0 Å². The predicted molar refractivity (Wildman–Crippen MR) is 46.5 cm³/mol. The summed E-state index contributed by atoms with van der Waals surface area (Å²) >= 11 is 0. The van der Waals surface area contributed by atoms with Crippen molar-refractivity contribution in [1.82, 2.24) is 0 Å². The van der Waals surface area contributed by atoms with E-state index < -0.39 is 0 Å². The number of carbonyl (C=O) groups is 1. The topological polar surface area (TPSA) is 17.1 Å². The largest absolute Gasteiger partial charge is 0.294 e. The Labute approximate surface area is 65.5 Å². The van der Waals surface area contributed by atoms with Gasteiger partial charge in [-0.25, -0.2) is 0 Å². The van der Waals surface area contributed by atoms with Crippen molar-refractivity contribution in [3.8, 4) is 0 Å². The summed E-state index contributed by atoms with van der Waals surface area (Å²) in [5.41, 5.74) is 0. The van der Waals surface area contributed by atoms with Gasteiger partial charge in [0.2, 0.25) is 0 Å². The van der Waals surface area contributed by atoms with Crippen LogP contribution in [0.3, 0.4) is 0 Å². The fourth-order valence-electron chi connectivity index (χ4n) is 1.27. The number of ketones is 1. The molecule has 0 N–H and O–H groups in total. The molecule has 0 saturated carbocycles. The van der Waals surface area contributed by atoms with Gasteiger partial charge in [-0.3, -0.25) is 4.79 Å². The first-order valence-electron chi connectivity index (χ1n) is 3.88. The molecule has 2 heteroatoms. The molecule has 0 aromatic heterocycles. The van der Waals surface area contributed by atoms with Crippen LogP contribution in [0.1, 0.15) is 26.7 Å². The maximum atomic E-state index is 10.9. The van der Waals surface area contributed by atoms with Crippen LogP contribution in [0.25, 0.3) is 0 Å². The van der Waals surface area contributed by atoms with Gasteiger partial charge < -0.3 is 0 Å². The van der Waals surface area contributed by atoms with Crippen LogP contribution in [0.15, 0.2) is 0 Å². The Kier molecular flexibility index (Phi) is 2.78. The van der Waals surface area contributed by atoms with Crippen molar-refractivity contribution < 1.29 is 4.79 Å². The molecular formula is C8H15OS+. The van der Waals surface area contributed by atoms with E-state index in [0.717, 1.165) is 0 Å². The molecule has 1 saturated heterocycles. The summed E-state index contributed by atoms with van der Waals surface area (Å²) in [7, 11) is 0.448. The standard InChI is InChI=1S/C8H15OS/c1-7(9)8(2)10-5-3-4-6-10/h8H,3-6H2,1-2H3/q+1. The van der Waals surface area contributed by atoms with E-state index in [2.05, 4.69) is 6.92 Å². The van der Waals surface area contributed by atoms with Crippen LogP contribution in [0.5, 0.6) is 0 Å². The van der Waals surface area contributed by atoms with E-state index in [4.69, 9.17) is 0 Å². The van der Waals surface area contributed by atoms with E-state index in [1.807, 2.05) is 0 Å². The van der Waals surface area contributed by atoms with E-state index in [-0.39, 0.29) is 0 Å². The lowest BCUT2D eigenvalue weighted by Crippen LogP contribution is -2.26. The van der Waals surface area contributed by atoms with Crippen LogP contribution < -0.4 is 0 Å². The van der Waals surface area contributed by atoms with Gasteiger partial charge >= 0.3 is 0 Å². The lowest BCUT2D eigenvalue weighted by atomic mass is 10.3. The van der Waals surface area contributed by atoms with Crippen LogP contribution in [-0.2, 0) is 15.7 Å². The second kappa shape index (κ2) is 3.42. The first-order chi connectivity index (χ1) is 4.72. The van der Waals surface area contributed by atoms with Crippen LogP contribution >= 0.6 is 0 Å².